The van der Waals surface area contributed by atoms with Gasteiger partial charge in [-0.2, -0.15) is 16.8 Å². The van der Waals surface area contributed by atoms with Gasteiger partial charge in [-0.1, -0.05) is 0 Å². The Labute approximate surface area is 81.7 Å². The van der Waals surface area contributed by atoms with Crippen LogP contribution in [-0.4, -0.2) is 38.1 Å². The summed E-state index contributed by atoms with van der Waals surface area (Å²) in [4.78, 5) is 0. The van der Waals surface area contributed by atoms with Crippen molar-refractivity contribution in [3.05, 3.63) is 0 Å². The molecule has 0 saturated carbocycles. The minimum atomic E-state index is -4.71. The third-order valence-corrected chi connectivity index (χ3v) is 1.96. The van der Waals surface area contributed by atoms with Crippen molar-refractivity contribution in [2.45, 2.75) is 19.4 Å². The van der Waals surface area contributed by atoms with E-state index in [2.05, 4.69) is 8.37 Å². The quantitative estimate of drug-likeness (QED) is 0.619. The lowest BCUT2D eigenvalue weighted by Gasteiger charge is -2.20. The molecule has 10 heteroatoms. The standard InChI is InChI=1S/C4H10O8S2/c1-4(2,12-14(8,9)10)3-11-13(5,6)7/h3H2,1-2H3,(H,5,6,7)(H,8,9,10). The van der Waals surface area contributed by atoms with E-state index in [0.29, 0.717) is 0 Å². The van der Waals surface area contributed by atoms with Gasteiger partial charge in [0.2, 0.25) is 0 Å². The van der Waals surface area contributed by atoms with Crippen molar-refractivity contribution in [3.63, 3.8) is 0 Å². The van der Waals surface area contributed by atoms with Gasteiger partial charge in [0.25, 0.3) is 0 Å². The van der Waals surface area contributed by atoms with E-state index in [1.54, 1.807) is 0 Å². The SMILES string of the molecule is CC(C)(COS(=O)(=O)O)OS(=O)(=O)O. The van der Waals surface area contributed by atoms with Gasteiger partial charge in [-0.3, -0.25) is 9.11 Å². The fourth-order valence-corrected chi connectivity index (χ4v) is 1.58. The fraction of sp³-hybridized carbons (Fsp3) is 1.00. The lowest BCUT2D eigenvalue weighted by molar-refractivity contribution is 0.0446. The molecule has 0 aromatic rings. The summed E-state index contributed by atoms with van der Waals surface area (Å²) in [7, 11) is -9.38. The molecule has 0 amide bonds. The first kappa shape index (κ1) is 13.7. The highest BCUT2D eigenvalue weighted by Crippen LogP contribution is 2.13. The first-order chi connectivity index (χ1) is 5.91. The van der Waals surface area contributed by atoms with E-state index in [4.69, 9.17) is 9.11 Å². The summed E-state index contributed by atoms with van der Waals surface area (Å²) in [6.07, 6.45) is 0. The second kappa shape index (κ2) is 4.08. The molecule has 0 rings (SSSR count). The second-order valence-electron chi connectivity index (χ2n) is 2.96. The van der Waals surface area contributed by atoms with Gasteiger partial charge in [0, 0.05) is 0 Å². The molecule has 0 aromatic heterocycles. The minimum absolute atomic E-state index is 0.758. The van der Waals surface area contributed by atoms with Gasteiger partial charge in [-0.05, 0) is 13.8 Å². The van der Waals surface area contributed by atoms with Crippen LogP contribution in [0.5, 0.6) is 0 Å². The van der Waals surface area contributed by atoms with Gasteiger partial charge >= 0.3 is 20.8 Å². The maximum absolute atomic E-state index is 10.2. The monoisotopic (exact) mass is 250 g/mol. The number of hydrogen-bond donors (Lipinski definition) is 2. The Morgan fingerprint density at radius 1 is 1.07 bits per heavy atom. The summed E-state index contributed by atoms with van der Waals surface area (Å²) in [5.74, 6) is 0. The van der Waals surface area contributed by atoms with E-state index in [0.717, 1.165) is 13.8 Å². The summed E-state index contributed by atoms with van der Waals surface area (Å²) in [6, 6.07) is 0. The largest absolute Gasteiger partial charge is 0.397 e. The Bertz CT molecular complexity index is 376. The fourth-order valence-electron chi connectivity index (χ4n) is 0.526. The smallest absolute Gasteiger partial charge is 0.264 e. The molecule has 14 heavy (non-hydrogen) atoms. The maximum atomic E-state index is 10.2. The van der Waals surface area contributed by atoms with Gasteiger partial charge in [-0.25, -0.2) is 8.37 Å². The van der Waals surface area contributed by atoms with Crippen molar-refractivity contribution < 1.29 is 34.3 Å². The Morgan fingerprint density at radius 3 is 1.79 bits per heavy atom. The van der Waals surface area contributed by atoms with Crippen LogP contribution in [0.25, 0.3) is 0 Å². The van der Waals surface area contributed by atoms with E-state index in [-0.39, 0.29) is 0 Å². The molecular weight excluding hydrogens is 240 g/mol. The van der Waals surface area contributed by atoms with Crippen molar-refractivity contribution in [3.8, 4) is 0 Å². The van der Waals surface area contributed by atoms with Crippen molar-refractivity contribution in [1.82, 2.24) is 0 Å². The number of hydrogen-bond acceptors (Lipinski definition) is 6. The molecule has 0 aliphatic heterocycles. The van der Waals surface area contributed by atoms with Crippen LogP contribution in [0.2, 0.25) is 0 Å². The van der Waals surface area contributed by atoms with Gasteiger partial charge < -0.3 is 0 Å². The van der Waals surface area contributed by atoms with E-state index in [9.17, 15) is 16.8 Å². The molecule has 86 valence electrons. The molecular formula is C4H10O8S2. The molecule has 8 nitrogen and oxygen atoms in total. The molecule has 2 N–H and O–H groups in total. The average Bonchev–Trinajstić information content (AvgIpc) is 1.76. The van der Waals surface area contributed by atoms with Gasteiger partial charge in [-0.15, -0.1) is 0 Å². The molecule has 0 unspecified atom stereocenters. The van der Waals surface area contributed by atoms with Crippen molar-refractivity contribution in [2.24, 2.45) is 0 Å². The zero-order chi connectivity index (χ0) is 11.6. The Balaban J connectivity index is 4.37. The van der Waals surface area contributed by atoms with E-state index in [1.165, 1.54) is 0 Å². The third kappa shape index (κ3) is 8.34. The predicted molar refractivity (Wildman–Crippen MR) is 44.2 cm³/mol. The Hall–Kier alpha value is -0.260. The average molecular weight is 250 g/mol. The molecule has 0 aromatic carbocycles. The lowest BCUT2D eigenvalue weighted by atomic mass is 10.2. The van der Waals surface area contributed by atoms with Crippen LogP contribution in [0.3, 0.4) is 0 Å². The first-order valence-electron chi connectivity index (χ1n) is 3.21. The second-order valence-corrected chi connectivity index (χ2v) is 5.07. The normalized spacial score (nSPS) is 14.3. The predicted octanol–water partition coefficient (Wildman–Crippen LogP) is -0.596. The van der Waals surface area contributed by atoms with Crippen LogP contribution in [-0.2, 0) is 29.2 Å². The Morgan fingerprint density at radius 2 is 1.50 bits per heavy atom. The van der Waals surface area contributed by atoms with Crippen molar-refractivity contribution >= 4 is 20.8 Å². The highest BCUT2D eigenvalue weighted by atomic mass is 32.3. The zero-order valence-electron chi connectivity index (χ0n) is 7.37. The zero-order valence-corrected chi connectivity index (χ0v) is 9.00. The van der Waals surface area contributed by atoms with E-state index < -0.39 is 33.0 Å². The molecule has 0 atom stereocenters. The summed E-state index contributed by atoms with van der Waals surface area (Å²) in [5, 5.41) is 0. The number of rotatable bonds is 5. The third-order valence-electron chi connectivity index (χ3n) is 0.886. The Kier molecular flexibility index (Phi) is 4.01. The molecule has 0 radical (unpaired) electrons. The highest BCUT2D eigenvalue weighted by molar-refractivity contribution is 7.81. The van der Waals surface area contributed by atoms with Gasteiger partial charge in [0.1, 0.15) is 5.60 Å². The highest BCUT2D eigenvalue weighted by Gasteiger charge is 2.27. The van der Waals surface area contributed by atoms with Gasteiger partial charge in [0.05, 0.1) is 6.61 Å². The molecule has 0 aliphatic rings. The topological polar surface area (TPSA) is 127 Å². The van der Waals surface area contributed by atoms with Crippen LogP contribution in [0.1, 0.15) is 13.8 Å². The van der Waals surface area contributed by atoms with E-state index in [1.807, 2.05) is 0 Å². The molecule has 0 spiro atoms. The summed E-state index contributed by atoms with van der Waals surface area (Å²) < 4.78 is 65.0. The lowest BCUT2D eigenvalue weighted by Crippen LogP contribution is -2.34. The minimum Gasteiger partial charge on any atom is -0.264 e. The molecule has 0 saturated heterocycles. The van der Waals surface area contributed by atoms with Crippen molar-refractivity contribution in [2.75, 3.05) is 6.61 Å². The summed E-state index contributed by atoms with van der Waals surface area (Å²) in [5.41, 5.74) is -1.61. The molecule has 0 bridgehead atoms. The molecule has 0 heterocycles. The van der Waals surface area contributed by atoms with Crippen LogP contribution in [0, 0.1) is 0 Å². The van der Waals surface area contributed by atoms with Crippen LogP contribution in [0.4, 0.5) is 0 Å². The van der Waals surface area contributed by atoms with E-state index >= 15 is 0 Å². The molecule has 0 fully saturated rings. The van der Waals surface area contributed by atoms with Crippen LogP contribution >= 0.6 is 0 Å². The first-order valence-corrected chi connectivity index (χ1v) is 5.94. The summed E-state index contributed by atoms with van der Waals surface area (Å²) >= 11 is 0. The van der Waals surface area contributed by atoms with Gasteiger partial charge in [0.15, 0.2) is 0 Å². The van der Waals surface area contributed by atoms with Crippen molar-refractivity contribution in [1.29, 1.82) is 0 Å². The van der Waals surface area contributed by atoms with Crippen LogP contribution < -0.4 is 0 Å². The summed E-state index contributed by atoms with van der Waals surface area (Å²) in [6.45, 7) is 1.53. The molecule has 0 aliphatic carbocycles. The maximum Gasteiger partial charge on any atom is 0.397 e. The van der Waals surface area contributed by atoms with Crippen LogP contribution in [0.15, 0.2) is 0 Å².